The fourth-order valence-corrected chi connectivity index (χ4v) is 3.93. The summed E-state index contributed by atoms with van der Waals surface area (Å²) in [4.78, 5) is 27.3. The standard InChI is InChI=1S/C24H25NO7/c1-3-30-17-6-4-5-15(13-17)21-20(23(27)24(28)25(21)9-10-29-2)22(26)16-7-8-18-19(14-16)32-12-11-31-18/h4-8,13-14,21,26H,3,9-12H2,1-2H3/b22-20+/t21-/m0/s1. The molecule has 2 aromatic rings. The highest BCUT2D eigenvalue weighted by molar-refractivity contribution is 6.46. The maximum Gasteiger partial charge on any atom is 0.295 e. The van der Waals surface area contributed by atoms with E-state index in [1.807, 2.05) is 6.92 Å². The highest BCUT2D eigenvalue weighted by atomic mass is 16.6. The van der Waals surface area contributed by atoms with Crippen LogP contribution in [0.4, 0.5) is 0 Å². The number of aliphatic hydroxyl groups is 1. The Labute approximate surface area is 185 Å². The van der Waals surface area contributed by atoms with Crippen LogP contribution >= 0.6 is 0 Å². The molecule has 32 heavy (non-hydrogen) atoms. The lowest BCUT2D eigenvalue weighted by Gasteiger charge is -2.25. The minimum absolute atomic E-state index is 0.0106. The number of ketones is 1. The number of hydrogen-bond donors (Lipinski definition) is 1. The van der Waals surface area contributed by atoms with Crippen molar-refractivity contribution in [2.75, 3.05) is 40.1 Å². The molecular weight excluding hydrogens is 414 g/mol. The van der Waals surface area contributed by atoms with Gasteiger partial charge in [-0.1, -0.05) is 12.1 Å². The quantitative estimate of drug-likeness (QED) is 0.403. The molecule has 168 valence electrons. The molecule has 4 rings (SSSR count). The van der Waals surface area contributed by atoms with Gasteiger partial charge in [0.05, 0.1) is 24.8 Å². The summed E-state index contributed by atoms with van der Waals surface area (Å²) in [5.41, 5.74) is 1.03. The van der Waals surface area contributed by atoms with E-state index in [1.54, 1.807) is 42.5 Å². The van der Waals surface area contributed by atoms with Gasteiger partial charge >= 0.3 is 0 Å². The van der Waals surface area contributed by atoms with Crippen molar-refractivity contribution in [2.24, 2.45) is 0 Å². The highest BCUT2D eigenvalue weighted by Crippen LogP contribution is 2.41. The first kappa shape index (κ1) is 21.7. The topological polar surface area (TPSA) is 94.5 Å². The molecule has 8 nitrogen and oxygen atoms in total. The van der Waals surface area contributed by atoms with Crippen molar-refractivity contribution in [3.63, 3.8) is 0 Å². The fraction of sp³-hybridized carbons (Fsp3) is 0.333. The lowest BCUT2D eigenvalue weighted by atomic mass is 9.95. The predicted molar refractivity (Wildman–Crippen MR) is 116 cm³/mol. The van der Waals surface area contributed by atoms with E-state index in [-0.39, 0.29) is 24.5 Å². The minimum Gasteiger partial charge on any atom is -0.507 e. The zero-order valence-corrected chi connectivity index (χ0v) is 18.0. The monoisotopic (exact) mass is 439 g/mol. The van der Waals surface area contributed by atoms with Gasteiger partial charge in [-0.15, -0.1) is 0 Å². The largest absolute Gasteiger partial charge is 0.507 e. The molecule has 1 atom stereocenters. The maximum atomic E-state index is 13.0. The third-order valence-corrected chi connectivity index (χ3v) is 5.38. The first-order chi connectivity index (χ1) is 15.5. The zero-order valence-electron chi connectivity index (χ0n) is 18.0. The van der Waals surface area contributed by atoms with Crippen LogP contribution in [0.3, 0.4) is 0 Å². The number of benzene rings is 2. The van der Waals surface area contributed by atoms with Crippen molar-refractivity contribution < 1.29 is 33.6 Å². The second-order valence-electron chi connectivity index (χ2n) is 7.35. The maximum absolute atomic E-state index is 13.0. The Bertz CT molecular complexity index is 1060. The Morgan fingerprint density at radius 2 is 1.91 bits per heavy atom. The van der Waals surface area contributed by atoms with Crippen LogP contribution in [0.5, 0.6) is 17.2 Å². The molecule has 0 spiro atoms. The summed E-state index contributed by atoms with van der Waals surface area (Å²) in [6, 6.07) is 11.3. The van der Waals surface area contributed by atoms with Crippen LogP contribution in [0, 0.1) is 0 Å². The van der Waals surface area contributed by atoms with E-state index in [0.717, 1.165) is 0 Å². The number of Topliss-reactive ketones (excluding diaryl/α,β-unsaturated/α-hetero) is 1. The van der Waals surface area contributed by atoms with Gasteiger partial charge in [0.1, 0.15) is 24.7 Å². The van der Waals surface area contributed by atoms with Crippen LogP contribution in [0.2, 0.25) is 0 Å². The van der Waals surface area contributed by atoms with Gasteiger partial charge in [0.15, 0.2) is 11.5 Å². The van der Waals surface area contributed by atoms with Crippen LogP contribution < -0.4 is 14.2 Å². The van der Waals surface area contributed by atoms with E-state index < -0.39 is 17.7 Å². The molecule has 1 amide bonds. The zero-order chi connectivity index (χ0) is 22.7. The third-order valence-electron chi connectivity index (χ3n) is 5.38. The van der Waals surface area contributed by atoms with Crippen LogP contribution in [0.1, 0.15) is 24.1 Å². The lowest BCUT2D eigenvalue weighted by molar-refractivity contribution is -0.140. The number of carbonyl (C=O) groups is 2. The number of aliphatic hydroxyl groups excluding tert-OH is 1. The van der Waals surface area contributed by atoms with Crippen LogP contribution in [0.15, 0.2) is 48.0 Å². The number of fused-ring (bicyclic) bond motifs is 1. The molecule has 0 aliphatic carbocycles. The first-order valence-electron chi connectivity index (χ1n) is 10.4. The molecule has 1 N–H and O–H groups in total. The molecule has 0 unspecified atom stereocenters. The Morgan fingerprint density at radius 1 is 1.12 bits per heavy atom. The van der Waals surface area contributed by atoms with E-state index in [1.165, 1.54) is 12.0 Å². The summed E-state index contributed by atoms with van der Waals surface area (Å²) in [7, 11) is 1.52. The molecule has 2 aromatic carbocycles. The summed E-state index contributed by atoms with van der Waals surface area (Å²) < 4.78 is 21.9. The number of carbonyl (C=O) groups excluding carboxylic acids is 2. The van der Waals surface area contributed by atoms with Crippen molar-refractivity contribution in [3.05, 3.63) is 59.2 Å². The number of methoxy groups -OCH3 is 1. The molecule has 1 fully saturated rings. The second kappa shape index (κ2) is 9.32. The molecule has 2 aliphatic rings. The molecule has 0 bridgehead atoms. The number of hydrogen-bond acceptors (Lipinski definition) is 7. The summed E-state index contributed by atoms with van der Waals surface area (Å²) in [5, 5.41) is 11.2. The van der Waals surface area contributed by atoms with Gasteiger partial charge in [0, 0.05) is 19.2 Å². The van der Waals surface area contributed by atoms with E-state index in [0.29, 0.717) is 48.2 Å². The molecule has 0 aromatic heterocycles. The SMILES string of the molecule is CCOc1cccc([C@H]2/C(=C(\O)c3ccc4c(c3)OCCO4)C(=O)C(=O)N2CCOC)c1. The van der Waals surface area contributed by atoms with Gasteiger partial charge < -0.3 is 29.0 Å². The van der Waals surface area contributed by atoms with Crippen LogP contribution in [-0.4, -0.2) is 61.8 Å². The highest BCUT2D eigenvalue weighted by Gasteiger charge is 2.46. The number of amides is 1. The Kier molecular flexibility index (Phi) is 6.32. The molecule has 1 saturated heterocycles. The molecule has 2 aliphatic heterocycles. The molecule has 0 saturated carbocycles. The van der Waals surface area contributed by atoms with Crippen molar-refractivity contribution in [1.82, 2.24) is 4.90 Å². The number of nitrogens with zero attached hydrogens (tertiary/aromatic N) is 1. The summed E-state index contributed by atoms with van der Waals surface area (Å²) in [6.07, 6.45) is 0. The normalized spacial score (nSPS) is 19.3. The second-order valence-corrected chi connectivity index (χ2v) is 7.35. The Hall–Kier alpha value is -3.52. The summed E-state index contributed by atoms with van der Waals surface area (Å²) >= 11 is 0. The smallest absolute Gasteiger partial charge is 0.295 e. The van der Waals surface area contributed by atoms with E-state index in [9.17, 15) is 14.7 Å². The van der Waals surface area contributed by atoms with Gasteiger partial charge in [-0.2, -0.15) is 0 Å². The number of likely N-dealkylation sites (tertiary alicyclic amines) is 1. The van der Waals surface area contributed by atoms with Gasteiger partial charge in [-0.3, -0.25) is 9.59 Å². The lowest BCUT2D eigenvalue weighted by Crippen LogP contribution is -2.32. The van der Waals surface area contributed by atoms with Crippen molar-refractivity contribution in [1.29, 1.82) is 0 Å². The summed E-state index contributed by atoms with van der Waals surface area (Å²) in [6.45, 7) is 3.63. The summed E-state index contributed by atoms with van der Waals surface area (Å²) in [5.74, 6) is -0.0555. The average Bonchev–Trinajstić information content (AvgIpc) is 3.07. The van der Waals surface area contributed by atoms with Crippen LogP contribution in [0.25, 0.3) is 5.76 Å². The Morgan fingerprint density at radius 3 is 2.66 bits per heavy atom. The van der Waals surface area contributed by atoms with Crippen molar-refractivity contribution in [3.8, 4) is 17.2 Å². The van der Waals surface area contributed by atoms with E-state index in [4.69, 9.17) is 18.9 Å². The van der Waals surface area contributed by atoms with E-state index in [2.05, 4.69) is 0 Å². The third kappa shape index (κ3) is 4.01. The Balaban J connectivity index is 1.82. The fourth-order valence-electron chi connectivity index (χ4n) is 3.93. The van der Waals surface area contributed by atoms with Gasteiger partial charge in [0.25, 0.3) is 11.7 Å². The average molecular weight is 439 g/mol. The predicted octanol–water partition coefficient (Wildman–Crippen LogP) is 2.92. The molecule has 0 radical (unpaired) electrons. The number of rotatable bonds is 7. The van der Waals surface area contributed by atoms with Gasteiger partial charge in [-0.25, -0.2) is 0 Å². The van der Waals surface area contributed by atoms with Crippen LogP contribution in [-0.2, 0) is 14.3 Å². The molecule has 2 heterocycles. The minimum atomic E-state index is -0.779. The molecule has 8 heteroatoms. The van der Waals surface area contributed by atoms with Gasteiger partial charge in [0.2, 0.25) is 0 Å². The number of ether oxygens (including phenoxy) is 4. The van der Waals surface area contributed by atoms with Gasteiger partial charge in [-0.05, 0) is 42.8 Å². The molecular formula is C24H25NO7. The van der Waals surface area contributed by atoms with Crippen molar-refractivity contribution in [2.45, 2.75) is 13.0 Å². The van der Waals surface area contributed by atoms with Crippen molar-refractivity contribution >= 4 is 17.4 Å². The van der Waals surface area contributed by atoms with E-state index >= 15 is 0 Å². The first-order valence-corrected chi connectivity index (χ1v) is 10.4.